The molecule has 0 saturated carbocycles. The van der Waals surface area contributed by atoms with Gasteiger partial charge in [-0.25, -0.2) is 9.78 Å². The molecule has 0 unspecified atom stereocenters. The highest BCUT2D eigenvalue weighted by Gasteiger charge is 2.34. The van der Waals surface area contributed by atoms with Gasteiger partial charge in [-0.15, -0.1) is 11.3 Å². The highest BCUT2D eigenvalue weighted by Crippen LogP contribution is 2.26. The van der Waals surface area contributed by atoms with Crippen molar-refractivity contribution in [3.05, 3.63) is 35.3 Å². The number of amides is 1. The van der Waals surface area contributed by atoms with Crippen LogP contribution in [0.2, 0.25) is 0 Å². The molecule has 2 aromatic rings. The molecule has 1 aromatic heterocycles. The van der Waals surface area contributed by atoms with E-state index in [0.29, 0.717) is 18.2 Å². The minimum Gasteiger partial charge on any atom is -0.494 e. The Kier molecular flexibility index (Phi) is 5.30. The Morgan fingerprint density at radius 2 is 2.16 bits per heavy atom. The van der Waals surface area contributed by atoms with Gasteiger partial charge in [0.05, 0.1) is 19.8 Å². The normalized spacial score (nSPS) is 17.3. The molecular weight excluding hydrogens is 344 g/mol. The number of benzene rings is 1. The smallest absolute Gasteiger partial charge is 0.328 e. The average molecular weight is 362 g/mol. The summed E-state index contributed by atoms with van der Waals surface area (Å²) in [6.45, 7) is 3.08. The van der Waals surface area contributed by atoms with Crippen LogP contribution in [0.1, 0.15) is 17.4 Å². The summed E-state index contributed by atoms with van der Waals surface area (Å²) in [4.78, 5) is 29.6. The summed E-state index contributed by atoms with van der Waals surface area (Å²) in [5.74, 6) is -0.684. The zero-order valence-electron chi connectivity index (χ0n) is 13.7. The van der Waals surface area contributed by atoms with Crippen LogP contribution in [-0.4, -0.2) is 59.3 Å². The van der Waals surface area contributed by atoms with Crippen molar-refractivity contribution in [3.8, 4) is 16.3 Å². The quantitative estimate of drug-likeness (QED) is 0.877. The number of hydrogen-bond acceptors (Lipinski definition) is 6. The van der Waals surface area contributed by atoms with Crippen molar-refractivity contribution in [1.29, 1.82) is 0 Å². The van der Waals surface area contributed by atoms with Crippen LogP contribution in [0, 0.1) is 0 Å². The van der Waals surface area contributed by atoms with Gasteiger partial charge in [-0.05, 0) is 31.2 Å². The second-order valence-corrected chi connectivity index (χ2v) is 6.28. The minimum absolute atomic E-state index is 0.00302. The van der Waals surface area contributed by atoms with Crippen molar-refractivity contribution in [2.75, 3.05) is 26.4 Å². The van der Waals surface area contributed by atoms with Crippen molar-refractivity contribution >= 4 is 23.2 Å². The van der Waals surface area contributed by atoms with E-state index in [-0.39, 0.29) is 24.8 Å². The lowest BCUT2D eigenvalue weighted by Crippen LogP contribution is -2.52. The molecular formula is C17H18N2O5S. The second-order valence-electron chi connectivity index (χ2n) is 5.42. The molecule has 0 spiro atoms. The van der Waals surface area contributed by atoms with Gasteiger partial charge >= 0.3 is 5.97 Å². The zero-order valence-corrected chi connectivity index (χ0v) is 14.5. The van der Waals surface area contributed by atoms with Gasteiger partial charge in [0.25, 0.3) is 5.91 Å². The summed E-state index contributed by atoms with van der Waals surface area (Å²) >= 11 is 1.35. The first-order chi connectivity index (χ1) is 12.1. The summed E-state index contributed by atoms with van der Waals surface area (Å²) < 4.78 is 10.6. The van der Waals surface area contributed by atoms with E-state index < -0.39 is 12.0 Å². The van der Waals surface area contributed by atoms with E-state index in [0.717, 1.165) is 11.3 Å². The summed E-state index contributed by atoms with van der Waals surface area (Å²) in [6.07, 6.45) is 0. The van der Waals surface area contributed by atoms with Crippen molar-refractivity contribution in [2.45, 2.75) is 13.0 Å². The molecule has 1 amide bonds. The first-order valence-electron chi connectivity index (χ1n) is 7.90. The molecule has 1 saturated heterocycles. The number of carbonyl (C=O) groups is 2. The number of carboxylic acids is 1. The highest BCUT2D eigenvalue weighted by atomic mass is 32.1. The molecule has 0 bridgehead atoms. The first kappa shape index (κ1) is 17.4. The second kappa shape index (κ2) is 7.62. The predicted octanol–water partition coefficient (Wildman–Crippen LogP) is 2.13. The van der Waals surface area contributed by atoms with E-state index >= 15 is 0 Å². The molecule has 132 valence electrons. The number of carbonyl (C=O) groups excluding carboxylic acids is 1. The number of thiazole rings is 1. The molecule has 0 radical (unpaired) electrons. The maximum atomic E-state index is 12.6. The molecule has 2 heterocycles. The number of carboxylic acid groups (broad SMARTS) is 1. The molecule has 0 aliphatic carbocycles. The standard InChI is InChI=1S/C17H18N2O5S/c1-2-24-12-5-3-11(4-6-12)15-18-13(10-25-15)16(20)19-7-8-23-9-14(19)17(21)22/h3-6,10,14H,2,7-9H2,1H3,(H,21,22)/t14-/m1/s1. The fraction of sp³-hybridized carbons (Fsp3) is 0.353. The van der Waals surface area contributed by atoms with Gasteiger partial charge in [0.15, 0.2) is 6.04 Å². The topological polar surface area (TPSA) is 89.0 Å². The lowest BCUT2D eigenvalue weighted by atomic mass is 10.2. The summed E-state index contributed by atoms with van der Waals surface area (Å²) in [7, 11) is 0. The van der Waals surface area contributed by atoms with E-state index in [1.807, 2.05) is 31.2 Å². The van der Waals surface area contributed by atoms with Gasteiger partial charge in [0, 0.05) is 17.5 Å². The average Bonchev–Trinajstić information content (AvgIpc) is 3.12. The number of aliphatic carboxylic acids is 1. The number of hydrogen-bond donors (Lipinski definition) is 1. The predicted molar refractivity (Wildman–Crippen MR) is 92.0 cm³/mol. The Bertz CT molecular complexity index is 759. The van der Waals surface area contributed by atoms with Crippen molar-refractivity contribution < 1.29 is 24.2 Å². The fourth-order valence-electron chi connectivity index (χ4n) is 2.56. The Hall–Kier alpha value is -2.45. The Labute approximate surface area is 148 Å². The molecule has 7 nitrogen and oxygen atoms in total. The molecule has 1 atom stereocenters. The van der Waals surface area contributed by atoms with E-state index in [4.69, 9.17) is 9.47 Å². The van der Waals surface area contributed by atoms with Crippen molar-refractivity contribution in [3.63, 3.8) is 0 Å². The summed E-state index contributed by atoms with van der Waals surface area (Å²) in [5.41, 5.74) is 1.13. The lowest BCUT2D eigenvalue weighted by Gasteiger charge is -2.32. The van der Waals surface area contributed by atoms with Crippen molar-refractivity contribution in [2.24, 2.45) is 0 Å². The number of rotatable bonds is 5. The largest absolute Gasteiger partial charge is 0.494 e. The van der Waals surface area contributed by atoms with Gasteiger partial charge in [-0.1, -0.05) is 0 Å². The van der Waals surface area contributed by atoms with Gasteiger partial charge in [0.1, 0.15) is 16.5 Å². The van der Waals surface area contributed by atoms with E-state index in [1.54, 1.807) is 5.38 Å². The van der Waals surface area contributed by atoms with Gasteiger partial charge in [-0.2, -0.15) is 0 Å². The Morgan fingerprint density at radius 3 is 2.84 bits per heavy atom. The summed E-state index contributed by atoms with van der Waals surface area (Å²) in [6, 6.07) is 6.49. The Balaban J connectivity index is 1.78. The Morgan fingerprint density at radius 1 is 1.40 bits per heavy atom. The number of aromatic nitrogens is 1. The van der Waals surface area contributed by atoms with Crippen LogP contribution < -0.4 is 4.74 Å². The van der Waals surface area contributed by atoms with Crippen LogP contribution in [0.4, 0.5) is 0 Å². The van der Waals surface area contributed by atoms with Gasteiger partial charge in [0.2, 0.25) is 0 Å². The molecule has 1 aliphatic heterocycles. The van der Waals surface area contributed by atoms with Crippen LogP contribution >= 0.6 is 11.3 Å². The van der Waals surface area contributed by atoms with Crippen LogP contribution in [0.25, 0.3) is 10.6 Å². The third kappa shape index (κ3) is 3.80. The van der Waals surface area contributed by atoms with Crippen LogP contribution in [-0.2, 0) is 9.53 Å². The molecule has 3 rings (SSSR count). The first-order valence-corrected chi connectivity index (χ1v) is 8.78. The molecule has 1 N–H and O–H groups in total. The minimum atomic E-state index is -1.07. The van der Waals surface area contributed by atoms with Crippen LogP contribution in [0.5, 0.6) is 5.75 Å². The SMILES string of the molecule is CCOc1ccc(-c2nc(C(=O)N3CCOC[C@@H]3C(=O)O)cs2)cc1. The zero-order chi connectivity index (χ0) is 17.8. The van der Waals surface area contributed by atoms with Crippen LogP contribution in [0.15, 0.2) is 29.6 Å². The number of nitrogens with zero attached hydrogens (tertiary/aromatic N) is 2. The van der Waals surface area contributed by atoms with Gasteiger partial charge in [-0.3, -0.25) is 4.79 Å². The van der Waals surface area contributed by atoms with Crippen LogP contribution in [0.3, 0.4) is 0 Å². The molecule has 25 heavy (non-hydrogen) atoms. The fourth-order valence-corrected chi connectivity index (χ4v) is 3.36. The number of morpholine rings is 1. The third-order valence-electron chi connectivity index (χ3n) is 3.81. The molecule has 1 aromatic carbocycles. The molecule has 1 aliphatic rings. The van der Waals surface area contributed by atoms with E-state index in [1.165, 1.54) is 16.2 Å². The van der Waals surface area contributed by atoms with Crippen molar-refractivity contribution in [1.82, 2.24) is 9.88 Å². The monoisotopic (exact) mass is 362 g/mol. The number of ether oxygens (including phenoxy) is 2. The molecule has 1 fully saturated rings. The summed E-state index contributed by atoms with van der Waals surface area (Å²) in [5, 5.41) is 11.6. The van der Waals surface area contributed by atoms with Gasteiger partial charge < -0.3 is 19.5 Å². The molecule has 8 heteroatoms. The highest BCUT2D eigenvalue weighted by molar-refractivity contribution is 7.13. The maximum Gasteiger partial charge on any atom is 0.328 e. The maximum absolute atomic E-state index is 12.6. The lowest BCUT2D eigenvalue weighted by molar-refractivity contribution is -0.147. The van der Waals surface area contributed by atoms with E-state index in [9.17, 15) is 14.7 Å². The van der Waals surface area contributed by atoms with E-state index in [2.05, 4.69) is 4.98 Å². The third-order valence-corrected chi connectivity index (χ3v) is 4.70.